The van der Waals surface area contributed by atoms with Crippen molar-refractivity contribution in [2.45, 2.75) is 12.8 Å². The minimum Gasteiger partial charge on any atom is -0.481 e. The molecule has 0 radical (unpaired) electrons. The van der Waals surface area contributed by atoms with E-state index in [-0.39, 0.29) is 5.92 Å². The lowest BCUT2D eigenvalue weighted by atomic mass is 9.97. The van der Waals surface area contributed by atoms with Crippen molar-refractivity contribution in [3.8, 4) is 22.8 Å². The third-order valence-electron chi connectivity index (χ3n) is 4.53. The van der Waals surface area contributed by atoms with Gasteiger partial charge in [-0.25, -0.2) is 4.98 Å². The summed E-state index contributed by atoms with van der Waals surface area (Å²) in [6.07, 6.45) is 6.25. The van der Waals surface area contributed by atoms with Gasteiger partial charge in [0.25, 0.3) is 5.89 Å². The molecule has 1 fully saturated rings. The summed E-state index contributed by atoms with van der Waals surface area (Å²) in [5.41, 5.74) is 1.57. The van der Waals surface area contributed by atoms with Crippen molar-refractivity contribution >= 4 is 11.8 Å². The van der Waals surface area contributed by atoms with Crippen molar-refractivity contribution < 1.29 is 14.4 Å². The number of anilines is 1. The Morgan fingerprint density at radius 1 is 1.15 bits per heavy atom. The Hall–Kier alpha value is -3.29. The van der Waals surface area contributed by atoms with Gasteiger partial charge in [0.15, 0.2) is 0 Å². The largest absolute Gasteiger partial charge is 0.481 e. The lowest BCUT2D eigenvalue weighted by Crippen LogP contribution is -2.37. The number of carbonyl (C=O) groups is 1. The van der Waals surface area contributed by atoms with Gasteiger partial charge in [0, 0.05) is 37.2 Å². The topological polar surface area (TPSA) is 105 Å². The number of pyridine rings is 2. The molecule has 0 saturated carbocycles. The zero-order valence-electron chi connectivity index (χ0n) is 13.9. The van der Waals surface area contributed by atoms with Crippen molar-refractivity contribution in [3.05, 3.63) is 42.9 Å². The number of aromatic nitrogens is 4. The van der Waals surface area contributed by atoms with E-state index in [0.717, 1.165) is 16.9 Å². The minimum absolute atomic E-state index is 0.292. The molecule has 0 bridgehead atoms. The number of hydrogen-bond acceptors (Lipinski definition) is 7. The Labute approximate surface area is 149 Å². The summed E-state index contributed by atoms with van der Waals surface area (Å²) in [6, 6.07) is 7.33. The molecule has 0 amide bonds. The summed E-state index contributed by atoms with van der Waals surface area (Å²) in [6.45, 7) is 1.26. The molecule has 8 heteroatoms. The second-order valence-electron chi connectivity index (χ2n) is 6.13. The summed E-state index contributed by atoms with van der Waals surface area (Å²) in [5, 5.41) is 13.2. The van der Waals surface area contributed by atoms with Crippen molar-refractivity contribution in [2.24, 2.45) is 5.92 Å². The summed E-state index contributed by atoms with van der Waals surface area (Å²) in [7, 11) is 0. The molecule has 1 aliphatic heterocycles. The molecule has 0 spiro atoms. The van der Waals surface area contributed by atoms with Crippen LogP contribution in [0.5, 0.6) is 0 Å². The molecule has 0 aliphatic carbocycles. The first-order valence-electron chi connectivity index (χ1n) is 8.39. The molecule has 26 heavy (non-hydrogen) atoms. The van der Waals surface area contributed by atoms with Crippen LogP contribution in [0.4, 0.5) is 5.82 Å². The van der Waals surface area contributed by atoms with E-state index >= 15 is 0 Å². The highest BCUT2D eigenvalue weighted by Crippen LogP contribution is 2.31. The Morgan fingerprint density at radius 3 is 2.65 bits per heavy atom. The molecule has 4 heterocycles. The second-order valence-corrected chi connectivity index (χ2v) is 6.13. The van der Waals surface area contributed by atoms with Gasteiger partial charge < -0.3 is 14.5 Å². The predicted molar refractivity (Wildman–Crippen MR) is 93.3 cm³/mol. The average Bonchev–Trinajstić information content (AvgIpc) is 3.19. The quantitative estimate of drug-likeness (QED) is 0.764. The number of carboxylic acid groups (broad SMARTS) is 1. The van der Waals surface area contributed by atoms with Crippen LogP contribution >= 0.6 is 0 Å². The van der Waals surface area contributed by atoms with Crippen LogP contribution in [0.2, 0.25) is 0 Å². The number of carboxylic acids is 1. The zero-order valence-corrected chi connectivity index (χ0v) is 13.9. The highest BCUT2D eigenvalue weighted by molar-refractivity contribution is 5.73. The van der Waals surface area contributed by atoms with Crippen molar-refractivity contribution in [1.29, 1.82) is 0 Å². The summed E-state index contributed by atoms with van der Waals surface area (Å²) in [5.74, 6) is 0.591. The fourth-order valence-electron chi connectivity index (χ4n) is 3.11. The minimum atomic E-state index is -0.732. The fraction of sp³-hybridized carbons (Fsp3) is 0.278. The third kappa shape index (κ3) is 3.13. The maximum Gasteiger partial charge on any atom is 0.306 e. The van der Waals surface area contributed by atoms with Gasteiger partial charge in [-0.3, -0.25) is 9.78 Å². The maximum absolute atomic E-state index is 11.2. The summed E-state index contributed by atoms with van der Waals surface area (Å²) >= 11 is 0. The van der Waals surface area contributed by atoms with Gasteiger partial charge in [-0.15, -0.1) is 0 Å². The molecule has 0 atom stereocenters. The van der Waals surface area contributed by atoms with E-state index in [9.17, 15) is 4.79 Å². The first kappa shape index (κ1) is 16.2. The zero-order chi connectivity index (χ0) is 17.9. The SMILES string of the molecule is O=C(O)C1CCN(c2ncccc2-c2nc(-c3ccncc3)no2)CC1. The predicted octanol–water partition coefficient (Wildman–Crippen LogP) is 2.49. The Morgan fingerprint density at radius 2 is 1.92 bits per heavy atom. The molecular weight excluding hydrogens is 334 g/mol. The number of hydrogen-bond donors (Lipinski definition) is 1. The third-order valence-corrected chi connectivity index (χ3v) is 4.53. The second kappa shape index (κ2) is 6.91. The Bertz CT molecular complexity index is 904. The van der Waals surface area contributed by atoms with Crippen molar-refractivity contribution in [1.82, 2.24) is 20.1 Å². The number of piperidine rings is 1. The molecule has 1 saturated heterocycles. The molecule has 3 aromatic rings. The van der Waals surface area contributed by atoms with Crippen LogP contribution in [0.1, 0.15) is 12.8 Å². The van der Waals surface area contributed by atoms with Gasteiger partial charge in [0.1, 0.15) is 5.82 Å². The van der Waals surface area contributed by atoms with Crippen LogP contribution in [-0.2, 0) is 4.79 Å². The standard InChI is InChI=1S/C18H17N5O3/c24-18(25)13-5-10-23(11-6-13)16-14(2-1-7-20-16)17-21-15(22-26-17)12-3-8-19-9-4-12/h1-4,7-9,13H,5-6,10-11H2,(H,24,25). The summed E-state index contributed by atoms with van der Waals surface area (Å²) in [4.78, 5) is 26.2. The van der Waals surface area contributed by atoms with Gasteiger partial charge in [0.05, 0.1) is 11.5 Å². The smallest absolute Gasteiger partial charge is 0.306 e. The van der Waals surface area contributed by atoms with E-state index in [2.05, 4.69) is 25.0 Å². The summed E-state index contributed by atoms with van der Waals surface area (Å²) < 4.78 is 5.45. The average molecular weight is 351 g/mol. The number of nitrogens with zero attached hydrogens (tertiary/aromatic N) is 5. The van der Waals surface area contributed by atoms with Crippen LogP contribution in [0, 0.1) is 5.92 Å². The number of rotatable bonds is 4. The molecule has 3 aromatic heterocycles. The lowest BCUT2D eigenvalue weighted by molar-refractivity contribution is -0.142. The van der Waals surface area contributed by atoms with Gasteiger partial charge in [-0.1, -0.05) is 5.16 Å². The van der Waals surface area contributed by atoms with E-state index in [1.807, 2.05) is 24.3 Å². The van der Waals surface area contributed by atoms with Crippen molar-refractivity contribution in [3.63, 3.8) is 0 Å². The normalized spacial score (nSPS) is 15.2. The maximum atomic E-state index is 11.2. The van der Waals surface area contributed by atoms with Gasteiger partial charge >= 0.3 is 5.97 Å². The van der Waals surface area contributed by atoms with E-state index < -0.39 is 5.97 Å². The van der Waals surface area contributed by atoms with Crippen LogP contribution in [0.3, 0.4) is 0 Å². The van der Waals surface area contributed by atoms with Crippen LogP contribution in [0.25, 0.3) is 22.8 Å². The van der Waals surface area contributed by atoms with Crippen LogP contribution in [-0.4, -0.2) is 44.3 Å². The van der Waals surface area contributed by atoms with Gasteiger partial charge in [0.2, 0.25) is 5.82 Å². The Balaban J connectivity index is 1.61. The molecule has 1 N–H and O–H groups in total. The lowest BCUT2D eigenvalue weighted by Gasteiger charge is -2.31. The fourth-order valence-corrected chi connectivity index (χ4v) is 3.11. The molecule has 0 aromatic carbocycles. The first-order chi connectivity index (χ1) is 12.7. The molecule has 4 rings (SSSR count). The Kier molecular flexibility index (Phi) is 4.30. The highest BCUT2D eigenvalue weighted by Gasteiger charge is 2.27. The van der Waals surface area contributed by atoms with Gasteiger partial charge in [-0.05, 0) is 37.1 Å². The molecule has 0 unspecified atom stereocenters. The molecule has 8 nitrogen and oxygen atoms in total. The van der Waals surface area contributed by atoms with Crippen LogP contribution < -0.4 is 4.90 Å². The molecule has 132 valence electrons. The van der Waals surface area contributed by atoms with Crippen molar-refractivity contribution in [2.75, 3.05) is 18.0 Å². The molecule has 1 aliphatic rings. The monoisotopic (exact) mass is 351 g/mol. The van der Waals surface area contributed by atoms with E-state index in [4.69, 9.17) is 9.63 Å². The number of aliphatic carboxylic acids is 1. The van der Waals surface area contributed by atoms with Crippen LogP contribution in [0.15, 0.2) is 47.4 Å². The first-order valence-corrected chi connectivity index (χ1v) is 8.39. The van der Waals surface area contributed by atoms with Gasteiger partial charge in [-0.2, -0.15) is 4.98 Å². The van der Waals surface area contributed by atoms with E-state index in [0.29, 0.717) is 37.6 Å². The van der Waals surface area contributed by atoms with E-state index in [1.54, 1.807) is 18.6 Å². The molecular formula is C18H17N5O3. The highest BCUT2D eigenvalue weighted by atomic mass is 16.5. The van der Waals surface area contributed by atoms with E-state index in [1.165, 1.54) is 0 Å².